The minimum absolute atomic E-state index is 0.0728. The Hall–Kier alpha value is -2.14. The maximum absolute atomic E-state index is 12.0. The smallest absolute Gasteiger partial charge is 0.227 e. The summed E-state index contributed by atoms with van der Waals surface area (Å²) in [6.45, 7) is 0.299. The van der Waals surface area contributed by atoms with Crippen molar-refractivity contribution in [2.24, 2.45) is 0 Å². The van der Waals surface area contributed by atoms with E-state index >= 15 is 0 Å². The number of carbonyl (C=O) groups is 1. The molecule has 0 aromatic heterocycles. The van der Waals surface area contributed by atoms with Crippen molar-refractivity contribution in [2.75, 3.05) is 25.3 Å². The summed E-state index contributed by atoms with van der Waals surface area (Å²) in [7, 11) is 1.59. The highest BCUT2D eigenvalue weighted by Gasteiger charge is 2.07. The minimum Gasteiger partial charge on any atom is -0.493 e. The predicted octanol–water partition coefficient (Wildman–Crippen LogP) is 3.82. The molecule has 0 saturated heterocycles. The molecule has 116 valence electrons. The molecule has 0 unspecified atom stereocenters. The van der Waals surface area contributed by atoms with Gasteiger partial charge in [0.25, 0.3) is 0 Å². The molecule has 5 heteroatoms. The van der Waals surface area contributed by atoms with Gasteiger partial charge in [0.2, 0.25) is 5.91 Å². The predicted molar refractivity (Wildman–Crippen MR) is 90.0 cm³/mol. The van der Waals surface area contributed by atoms with E-state index in [0.717, 1.165) is 10.6 Å². The number of nitrogens with one attached hydrogen (secondary N) is 1. The molecule has 1 N–H and O–H groups in total. The van der Waals surface area contributed by atoms with Gasteiger partial charge in [0, 0.05) is 4.90 Å². The summed E-state index contributed by atoms with van der Waals surface area (Å²) < 4.78 is 10.8. The van der Waals surface area contributed by atoms with Crippen LogP contribution in [0.5, 0.6) is 11.5 Å². The maximum Gasteiger partial charge on any atom is 0.227 e. The Bertz CT molecular complexity index is 631. The molecule has 1 amide bonds. The van der Waals surface area contributed by atoms with Gasteiger partial charge in [-0.15, -0.1) is 11.8 Å². The van der Waals surface area contributed by atoms with E-state index in [9.17, 15) is 4.79 Å². The van der Waals surface area contributed by atoms with E-state index in [-0.39, 0.29) is 12.3 Å². The van der Waals surface area contributed by atoms with Gasteiger partial charge in [-0.3, -0.25) is 4.79 Å². The summed E-state index contributed by atoms with van der Waals surface area (Å²) in [5.41, 5.74) is 0.831. The first-order valence-corrected chi connectivity index (χ1v) is 8.15. The standard InChI is InChI=1S/C17H19NO3S/c1-20-14-8-4-5-9-15(14)21-12-11-17(19)18-13-7-3-6-10-16(13)22-2/h3-10H,11-12H2,1-2H3,(H,18,19). The molecule has 0 fully saturated rings. The zero-order chi connectivity index (χ0) is 15.8. The van der Waals surface area contributed by atoms with Crippen LogP contribution in [0.25, 0.3) is 0 Å². The monoisotopic (exact) mass is 317 g/mol. The molecule has 0 bridgehead atoms. The van der Waals surface area contributed by atoms with Crippen LogP contribution in [0.4, 0.5) is 5.69 Å². The Morgan fingerprint density at radius 2 is 1.77 bits per heavy atom. The van der Waals surface area contributed by atoms with Gasteiger partial charge < -0.3 is 14.8 Å². The van der Waals surface area contributed by atoms with Crippen molar-refractivity contribution in [3.8, 4) is 11.5 Å². The quantitative estimate of drug-likeness (QED) is 0.789. The highest BCUT2D eigenvalue weighted by atomic mass is 32.2. The lowest BCUT2D eigenvalue weighted by Crippen LogP contribution is -2.15. The molecule has 0 spiro atoms. The van der Waals surface area contributed by atoms with E-state index in [1.807, 2.05) is 54.8 Å². The van der Waals surface area contributed by atoms with E-state index in [0.29, 0.717) is 18.1 Å². The molecule has 4 nitrogen and oxygen atoms in total. The second kappa shape index (κ2) is 8.34. The van der Waals surface area contributed by atoms with Crippen molar-refractivity contribution in [1.29, 1.82) is 0 Å². The third-order valence-electron chi connectivity index (χ3n) is 3.04. The molecule has 0 radical (unpaired) electrons. The van der Waals surface area contributed by atoms with Crippen molar-refractivity contribution < 1.29 is 14.3 Å². The fraction of sp³-hybridized carbons (Fsp3) is 0.235. The van der Waals surface area contributed by atoms with Crippen molar-refractivity contribution in [3.63, 3.8) is 0 Å². The molecular formula is C17H19NO3S. The number of methoxy groups -OCH3 is 1. The van der Waals surface area contributed by atoms with E-state index in [2.05, 4.69) is 5.32 Å². The summed E-state index contributed by atoms with van der Waals surface area (Å²) in [5, 5.41) is 2.91. The Morgan fingerprint density at radius 1 is 1.09 bits per heavy atom. The molecule has 0 aliphatic heterocycles. The van der Waals surface area contributed by atoms with Gasteiger partial charge in [-0.2, -0.15) is 0 Å². The number of amides is 1. The number of hydrogen-bond donors (Lipinski definition) is 1. The molecule has 0 aliphatic rings. The topological polar surface area (TPSA) is 47.6 Å². The third-order valence-corrected chi connectivity index (χ3v) is 3.83. The molecule has 2 aromatic carbocycles. The molecule has 2 rings (SSSR count). The van der Waals surface area contributed by atoms with Gasteiger partial charge in [-0.1, -0.05) is 24.3 Å². The molecule has 0 atom stereocenters. The molecule has 0 saturated carbocycles. The number of rotatable bonds is 7. The van der Waals surface area contributed by atoms with Crippen LogP contribution in [0.1, 0.15) is 6.42 Å². The van der Waals surface area contributed by atoms with E-state index in [1.54, 1.807) is 18.9 Å². The van der Waals surface area contributed by atoms with Crippen LogP contribution in [0.2, 0.25) is 0 Å². The summed E-state index contributed by atoms with van der Waals surface area (Å²) in [6.07, 6.45) is 2.26. The van der Waals surface area contributed by atoms with Crippen LogP contribution in [-0.4, -0.2) is 25.9 Å². The summed E-state index contributed by atoms with van der Waals surface area (Å²) in [6, 6.07) is 15.1. The largest absolute Gasteiger partial charge is 0.493 e. The Labute approximate surface area is 134 Å². The van der Waals surface area contributed by atoms with Gasteiger partial charge in [-0.05, 0) is 30.5 Å². The van der Waals surface area contributed by atoms with Gasteiger partial charge in [0.05, 0.1) is 25.8 Å². The second-order valence-electron chi connectivity index (χ2n) is 4.50. The minimum atomic E-state index is -0.0728. The number of thioether (sulfide) groups is 1. The Kier molecular flexibility index (Phi) is 6.15. The number of anilines is 1. The first kappa shape index (κ1) is 16.2. The zero-order valence-electron chi connectivity index (χ0n) is 12.7. The third kappa shape index (κ3) is 4.43. The first-order chi connectivity index (χ1) is 10.7. The van der Waals surface area contributed by atoms with Crippen molar-refractivity contribution in [1.82, 2.24) is 0 Å². The molecule has 22 heavy (non-hydrogen) atoms. The SMILES string of the molecule is COc1ccccc1OCCC(=O)Nc1ccccc1SC. The van der Waals surface area contributed by atoms with Crippen LogP contribution < -0.4 is 14.8 Å². The number of para-hydroxylation sites is 3. The van der Waals surface area contributed by atoms with E-state index in [1.165, 1.54) is 0 Å². The van der Waals surface area contributed by atoms with E-state index < -0.39 is 0 Å². The summed E-state index contributed by atoms with van der Waals surface area (Å²) in [5.74, 6) is 1.23. The highest BCUT2D eigenvalue weighted by Crippen LogP contribution is 2.26. The number of carbonyl (C=O) groups excluding carboxylic acids is 1. The van der Waals surface area contributed by atoms with Gasteiger partial charge in [-0.25, -0.2) is 0 Å². The Morgan fingerprint density at radius 3 is 2.50 bits per heavy atom. The number of benzene rings is 2. The Balaban J connectivity index is 1.85. The molecule has 2 aromatic rings. The van der Waals surface area contributed by atoms with Crippen LogP contribution in [0.15, 0.2) is 53.4 Å². The van der Waals surface area contributed by atoms with Crippen LogP contribution in [-0.2, 0) is 4.79 Å². The lowest BCUT2D eigenvalue weighted by atomic mass is 10.3. The van der Waals surface area contributed by atoms with E-state index in [4.69, 9.17) is 9.47 Å². The average Bonchev–Trinajstić information content (AvgIpc) is 2.55. The van der Waals surface area contributed by atoms with Crippen LogP contribution >= 0.6 is 11.8 Å². The zero-order valence-corrected chi connectivity index (χ0v) is 13.5. The van der Waals surface area contributed by atoms with Crippen molar-refractivity contribution in [2.45, 2.75) is 11.3 Å². The second-order valence-corrected chi connectivity index (χ2v) is 5.35. The molecule has 0 aliphatic carbocycles. The number of hydrogen-bond acceptors (Lipinski definition) is 4. The highest BCUT2D eigenvalue weighted by molar-refractivity contribution is 7.98. The van der Waals surface area contributed by atoms with Crippen LogP contribution in [0.3, 0.4) is 0 Å². The fourth-order valence-corrected chi connectivity index (χ4v) is 2.51. The van der Waals surface area contributed by atoms with Gasteiger partial charge in [0.1, 0.15) is 0 Å². The summed E-state index contributed by atoms with van der Waals surface area (Å²) >= 11 is 1.60. The average molecular weight is 317 g/mol. The fourth-order valence-electron chi connectivity index (χ4n) is 1.95. The molecular weight excluding hydrogens is 298 g/mol. The van der Waals surface area contributed by atoms with Crippen LogP contribution in [0, 0.1) is 0 Å². The molecule has 0 heterocycles. The normalized spacial score (nSPS) is 10.1. The van der Waals surface area contributed by atoms with Crippen molar-refractivity contribution >= 4 is 23.4 Å². The van der Waals surface area contributed by atoms with Gasteiger partial charge >= 0.3 is 0 Å². The number of ether oxygens (including phenoxy) is 2. The lowest BCUT2D eigenvalue weighted by molar-refractivity contribution is -0.116. The first-order valence-electron chi connectivity index (χ1n) is 6.93. The van der Waals surface area contributed by atoms with Crippen molar-refractivity contribution in [3.05, 3.63) is 48.5 Å². The maximum atomic E-state index is 12.0. The van der Waals surface area contributed by atoms with Gasteiger partial charge in [0.15, 0.2) is 11.5 Å². The lowest BCUT2D eigenvalue weighted by Gasteiger charge is -2.11. The summed E-state index contributed by atoms with van der Waals surface area (Å²) in [4.78, 5) is 13.0.